The van der Waals surface area contributed by atoms with Crippen molar-refractivity contribution < 1.29 is 13.0 Å². The molecule has 4 heteroatoms. The van der Waals surface area contributed by atoms with E-state index in [9.17, 15) is 8.42 Å². The average molecular weight is 186 g/mol. The van der Waals surface area contributed by atoms with Crippen LogP contribution in [-0.4, -0.2) is 18.2 Å². The fourth-order valence-electron chi connectivity index (χ4n) is 0.990. The van der Waals surface area contributed by atoms with Gasteiger partial charge in [0.25, 0.3) is 10.1 Å². The fraction of sp³-hybridized carbons (Fsp3) is 0.250. The largest absolute Gasteiger partial charge is 0.285 e. The topological polar surface area (TPSA) is 54.4 Å². The summed E-state index contributed by atoms with van der Waals surface area (Å²) in [6.45, 7) is 3.54. The summed E-state index contributed by atoms with van der Waals surface area (Å²) in [6.07, 6.45) is 6.78. The molecule has 0 aromatic carbocycles. The Bertz CT molecular complexity index is 335. The molecule has 0 bridgehead atoms. The van der Waals surface area contributed by atoms with Gasteiger partial charge in [-0.25, -0.2) is 0 Å². The van der Waals surface area contributed by atoms with E-state index < -0.39 is 15.4 Å². The zero-order chi connectivity index (χ0) is 9.19. The molecule has 0 aromatic rings. The van der Waals surface area contributed by atoms with Gasteiger partial charge in [-0.05, 0) is 12.0 Å². The van der Waals surface area contributed by atoms with Crippen molar-refractivity contribution in [2.45, 2.75) is 11.7 Å². The Morgan fingerprint density at radius 3 is 2.67 bits per heavy atom. The second kappa shape index (κ2) is 3.25. The Morgan fingerprint density at radius 1 is 1.67 bits per heavy atom. The van der Waals surface area contributed by atoms with Crippen molar-refractivity contribution in [2.24, 2.45) is 0 Å². The summed E-state index contributed by atoms with van der Waals surface area (Å²) in [4.78, 5) is 0. The van der Waals surface area contributed by atoms with Crippen LogP contribution in [-0.2, 0) is 10.1 Å². The van der Waals surface area contributed by atoms with Gasteiger partial charge in [0.1, 0.15) is 5.25 Å². The fourth-order valence-corrected chi connectivity index (χ4v) is 1.61. The Morgan fingerprint density at radius 2 is 2.33 bits per heavy atom. The molecule has 0 saturated heterocycles. The molecule has 0 aromatic heterocycles. The maximum atomic E-state index is 10.6. The van der Waals surface area contributed by atoms with Crippen LogP contribution >= 0.6 is 0 Å². The smallest absolute Gasteiger partial charge is 0.271 e. The third-order valence-corrected chi connectivity index (χ3v) is 2.82. The van der Waals surface area contributed by atoms with Crippen molar-refractivity contribution in [1.29, 1.82) is 0 Å². The van der Waals surface area contributed by atoms with Crippen LogP contribution in [0, 0.1) is 0 Å². The first-order chi connectivity index (χ1) is 5.54. The third kappa shape index (κ3) is 2.06. The zero-order valence-electron chi connectivity index (χ0n) is 6.47. The van der Waals surface area contributed by atoms with E-state index >= 15 is 0 Å². The maximum Gasteiger partial charge on any atom is 0.271 e. The van der Waals surface area contributed by atoms with Crippen molar-refractivity contribution in [3.05, 3.63) is 36.5 Å². The first-order valence-electron chi connectivity index (χ1n) is 3.51. The summed E-state index contributed by atoms with van der Waals surface area (Å²) in [7, 11) is -3.92. The molecule has 1 aliphatic rings. The zero-order valence-corrected chi connectivity index (χ0v) is 7.29. The molecule has 0 radical (unpaired) electrons. The molecule has 1 N–H and O–H groups in total. The van der Waals surface area contributed by atoms with E-state index in [1.165, 1.54) is 6.08 Å². The molecule has 1 atom stereocenters. The minimum absolute atomic E-state index is 0.316. The molecule has 12 heavy (non-hydrogen) atoms. The van der Waals surface area contributed by atoms with Crippen molar-refractivity contribution in [3.8, 4) is 0 Å². The maximum absolute atomic E-state index is 10.6. The summed E-state index contributed by atoms with van der Waals surface area (Å²) in [5, 5.41) is -0.791. The Labute approximate surface area is 71.8 Å². The van der Waals surface area contributed by atoms with E-state index in [1.54, 1.807) is 18.2 Å². The number of rotatable bonds is 2. The standard InChI is InChI=1S/C8H10O3S/c1-2-7-3-5-8(6-4-7)12(9,10)11/h2-5,8H,1,6H2,(H,9,10,11). The highest BCUT2D eigenvalue weighted by Gasteiger charge is 2.20. The minimum atomic E-state index is -3.92. The molecule has 1 rings (SSSR count). The molecule has 0 spiro atoms. The van der Waals surface area contributed by atoms with Gasteiger partial charge in [-0.1, -0.05) is 30.9 Å². The van der Waals surface area contributed by atoms with E-state index in [1.807, 2.05) is 0 Å². The SMILES string of the molecule is C=CC1=CCC(S(=O)(=O)O)C=C1. The van der Waals surface area contributed by atoms with Crippen molar-refractivity contribution in [3.63, 3.8) is 0 Å². The molecule has 0 amide bonds. The molecular weight excluding hydrogens is 176 g/mol. The van der Waals surface area contributed by atoms with Crippen LogP contribution in [0.3, 0.4) is 0 Å². The molecule has 0 aliphatic heterocycles. The van der Waals surface area contributed by atoms with E-state index in [-0.39, 0.29) is 0 Å². The molecule has 66 valence electrons. The number of allylic oxidation sites excluding steroid dienone is 4. The van der Waals surface area contributed by atoms with Crippen LogP contribution < -0.4 is 0 Å². The highest BCUT2D eigenvalue weighted by atomic mass is 32.2. The lowest BCUT2D eigenvalue weighted by molar-refractivity contribution is 0.474. The number of hydrogen-bond acceptors (Lipinski definition) is 2. The molecular formula is C8H10O3S. The monoisotopic (exact) mass is 186 g/mol. The molecule has 0 heterocycles. The van der Waals surface area contributed by atoms with Crippen LogP contribution in [0.4, 0.5) is 0 Å². The Kier molecular flexibility index (Phi) is 2.49. The number of hydrogen-bond donors (Lipinski definition) is 1. The van der Waals surface area contributed by atoms with Crippen LogP contribution in [0.2, 0.25) is 0 Å². The Balaban J connectivity index is 2.79. The first kappa shape index (κ1) is 9.22. The Hall–Kier alpha value is -0.870. The second-order valence-electron chi connectivity index (χ2n) is 2.56. The lowest BCUT2D eigenvalue weighted by atomic mass is 10.1. The molecule has 0 fully saturated rings. The van der Waals surface area contributed by atoms with Gasteiger partial charge >= 0.3 is 0 Å². The van der Waals surface area contributed by atoms with Gasteiger partial charge in [0.05, 0.1) is 0 Å². The van der Waals surface area contributed by atoms with Gasteiger partial charge in [0, 0.05) is 0 Å². The summed E-state index contributed by atoms with van der Waals surface area (Å²) in [6, 6.07) is 0. The summed E-state index contributed by atoms with van der Waals surface area (Å²) >= 11 is 0. The molecule has 1 unspecified atom stereocenters. The van der Waals surface area contributed by atoms with Crippen molar-refractivity contribution in [2.75, 3.05) is 0 Å². The van der Waals surface area contributed by atoms with Gasteiger partial charge in [0.2, 0.25) is 0 Å². The summed E-state index contributed by atoms with van der Waals surface area (Å²) in [5.41, 5.74) is 0.884. The van der Waals surface area contributed by atoms with E-state index in [0.29, 0.717) is 6.42 Å². The van der Waals surface area contributed by atoms with Gasteiger partial charge in [-0.15, -0.1) is 0 Å². The molecule has 3 nitrogen and oxygen atoms in total. The van der Waals surface area contributed by atoms with Gasteiger partial charge < -0.3 is 0 Å². The highest BCUT2D eigenvalue weighted by molar-refractivity contribution is 7.86. The van der Waals surface area contributed by atoms with Crippen LogP contribution in [0.1, 0.15) is 6.42 Å². The van der Waals surface area contributed by atoms with Crippen LogP contribution in [0.25, 0.3) is 0 Å². The summed E-state index contributed by atoms with van der Waals surface area (Å²) < 4.78 is 29.9. The van der Waals surface area contributed by atoms with Crippen molar-refractivity contribution >= 4 is 10.1 Å². The highest BCUT2D eigenvalue weighted by Crippen LogP contribution is 2.16. The quantitative estimate of drug-likeness (QED) is 0.661. The lowest BCUT2D eigenvalue weighted by Crippen LogP contribution is -2.18. The van der Waals surface area contributed by atoms with Crippen molar-refractivity contribution in [1.82, 2.24) is 0 Å². The lowest BCUT2D eigenvalue weighted by Gasteiger charge is -2.10. The minimum Gasteiger partial charge on any atom is -0.285 e. The van der Waals surface area contributed by atoms with Gasteiger partial charge in [0.15, 0.2) is 0 Å². The predicted molar refractivity (Wildman–Crippen MR) is 47.4 cm³/mol. The molecule has 1 aliphatic carbocycles. The molecule has 0 saturated carbocycles. The van der Waals surface area contributed by atoms with Crippen LogP contribution in [0.15, 0.2) is 36.5 Å². The van der Waals surface area contributed by atoms with Gasteiger partial charge in [-0.3, -0.25) is 4.55 Å². The normalized spacial score (nSPS) is 23.4. The third-order valence-electron chi connectivity index (χ3n) is 1.71. The van der Waals surface area contributed by atoms with Gasteiger partial charge in [-0.2, -0.15) is 8.42 Å². The predicted octanol–water partition coefficient (Wildman–Crippen LogP) is 1.32. The van der Waals surface area contributed by atoms with E-state index in [2.05, 4.69) is 6.58 Å². The van der Waals surface area contributed by atoms with E-state index in [4.69, 9.17) is 4.55 Å². The summed E-state index contributed by atoms with van der Waals surface area (Å²) in [5.74, 6) is 0. The van der Waals surface area contributed by atoms with Crippen LogP contribution in [0.5, 0.6) is 0 Å². The average Bonchev–Trinajstić information content (AvgIpc) is 2.03. The van der Waals surface area contributed by atoms with E-state index in [0.717, 1.165) is 5.57 Å². The second-order valence-corrected chi connectivity index (χ2v) is 4.19. The first-order valence-corrected chi connectivity index (χ1v) is 5.01.